The van der Waals surface area contributed by atoms with E-state index >= 15 is 0 Å². The largest absolute Gasteiger partial charge is 0.309 e. The van der Waals surface area contributed by atoms with Gasteiger partial charge in [0.1, 0.15) is 5.15 Å². The van der Waals surface area contributed by atoms with Gasteiger partial charge in [-0.3, -0.25) is 4.79 Å². The third kappa shape index (κ3) is 1.63. The summed E-state index contributed by atoms with van der Waals surface area (Å²) in [5, 5.41) is 0.476. The zero-order chi connectivity index (χ0) is 11.0. The van der Waals surface area contributed by atoms with Crippen molar-refractivity contribution in [2.75, 3.05) is 0 Å². The van der Waals surface area contributed by atoms with E-state index in [1.54, 1.807) is 17.2 Å². The summed E-state index contributed by atoms with van der Waals surface area (Å²) in [6, 6.07) is 1.80. The van der Waals surface area contributed by atoms with Crippen LogP contribution in [0.1, 0.15) is 28.5 Å². The van der Waals surface area contributed by atoms with Crippen molar-refractivity contribution in [1.29, 1.82) is 0 Å². The molecule has 2 rings (SSSR count). The molecule has 15 heavy (non-hydrogen) atoms. The molecule has 0 saturated heterocycles. The van der Waals surface area contributed by atoms with Gasteiger partial charge in [-0.2, -0.15) is 0 Å². The van der Waals surface area contributed by atoms with Crippen molar-refractivity contribution in [3.63, 3.8) is 0 Å². The Morgan fingerprint density at radius 2 is 2.33 bits per heavy atom. The molecule has 1 aromatic rings. The van der Waals surface area contributed by atoms with Gasteiger partial charge in [-0.25, -0.2) is 4.98 Å². The van der Waals surface area contributed by atoms with Crippen molar-refractivity contribution < 1.29 is 4.79 Å². The highest BCUT2D eigenvalue weighted by molar-refractivity contribution is 6.30. The maximum Gasteiger partial charge on any atom is 0.260 e. The maximum atomic E-state index is 11.8. The van der Waals surface area contributed by atoms with Gasteiger partial charge in [-0.15, -0.1) is 0 Å². The van der Waals surface area contributed by atoms with E-state index in [4.69, 9.17) is 11.6 Å². The fraction of sp³-hybridized carbons (Fsp3) is 0.273. The fourth-order valence-corrected chi connectivity index (χ4v) is 1.78. The van der Waals surface area contributed by atoms with Gasteiger partial charge in [-0.1, -0.05) is 17.7 Å². The first-order chi connectivity index (χ1) is 7.13. The summed E-state index contributed by atoms with van der Waals surface area (Å²) in [6.45, 7) is 4.24. The molecule has 0 aliphatic carbocycles. The third-order valence-electron chi connectivity index (χ3n) is 2.37. The van der Waals surface area contributed by atoms with E-state index in [9.17, 15) is 4.79 Å². The molecule has 0 fully saturated rings. The number of nitrogens with zero attached hydrogens (tertiary/aromatic N) is 2. The maximum absolute atomic E-state index is 11.8. The number of aromatic nitrogens is 1. The van der Waals surface area contributed by atoms with Crippen LogP contribution in [0, 0.1) is 6.92 Å². The molecule has 0 aromatic carbocycles. The molecule has 1 aliphatic heterocycles. The highest BCUT2D eigenvalue weighted by Gasteiger charge is 2.27. The van der Waals surface area contributed by atoms with Crippen LogP contribution in [-0.2, 0) is 6.54 Å². The number of aryl methyl sites for hydroxylation is 1. The summed E-state index contributed by atoms with van der Waals surface area (Å²) in [7, 11) is 0. The van der Waals surface area contributed by atoms with Gasteiger partial charge < -0.3 is 4.90 Å². The summed E-state index contributed by atoms with van der Waals surface area (Å²) in [6.07, 6.45) is 3.59. The summed E-state index contributed by atoms with van der Waals surface area (Å²) in [4.78, 5) is 17.7. The zero-order valence-electron chi connectivity index (χ0n) is 8.62. The lowest BCUT2D eigenvalue weighted by Gasteiger charge is -2.06. The van der Waals surface area contributed by atoms with Crippen LogP contribution in [0.25, 0.3) is 0 Å². The smallest absolute Gasteiger partial charge is 0.260 e. The Kier molecular flexibility index (Phi) is 2.49. The zero-order valence-corrected chi connectivity index (χ0v) is 9.38. The van der Waals surface area contributed by atoms with Crippen LogP contribution in [0.5, 0.6) is 0 Å². The molecule has 0 unspecified atom stereocenters. The molecule has 0 N–H and O–H groups in total. The van der Waals surface area contributed by atoms with Gasteiger partial charge in [0.05, 0.1) is 17.8 Å². The van der Waals surface area contributed by atoms with E-state index in [1.807, 2.05) is 19.9 Å². The van der Waals surface area contributed by atoms with Crippen molar-refractivity contribution in [2.45, 2.75) is 20.4 Å². The molecule has 0 radical (unpaired) electrons. The Labute approximate surface area is 93.4 Å². The molecule has 1 aromatic heterocycles. The van der Waals surface area contributed by atoms with Crippen molar-refractivity contribution in [1.82, 2.24) is 9.88 Å². The number of amides is 1. The number of carbonyl (C=O) groups excluding carboxylic acids is 1. The standard InChI is InChI=1S/C11H11ClN2O/c1-3-4-14-6-9-8(11(14)15)5-7(2)10(12)13-9/h3-5H,6H2,1-2H3. The highest BCUT2D eigenvalue weighted by Crippen LogP contribution is 2.25. The number of allylic oxidation sites excluding steroid dienone is 1. The van der Waals surface area contributed by atoms with Crippen LogP contribution in [0.3, 0.4) is 0 Å². The monoisotopic (exact) mass is 222 g/mol. The second-order valence-electron chi connectivity index (χ2n) is 3.51. The van der Waals surface area contributed by atoms with E-state index in [-0.39, 0.29) is 5.91 Å². The Morgan fingerprint density at radius 3 is 3.00 bits per heavy atom. The first-order valence-corrected chi connectivity index (χ1v) is 5.11. The lowest BCUT2D eigenvalue weighted by molar-refractivity contribution is 0.0842. The SMILES string of the molecule is CC=CN1Cc2nc(Cl)c(C)cc2C1=O. The van der Waals surface area contributed by atoms with Crippen LogP contribution in [0.15, 0.2) is 18.3 Å². The Hall–Kier alpha value is -1.35. The number of halogens is 1. The van der Waals surface area contributed by atoms with Crippen LogP contribution >= 0.6 is 11.6 Å². The first kappa shape index (κ1) is 10.2. The molecule has 0 saturated carbocycles. The number of rotatable bonds is 1. The number of hydrogen-bond donors (Lipinski definition) is 0. The number of hydrogen-bond acceptors (Lipinski definition) is 2. The summed E-state index contributed by atoms with van der Waals surface area (Å²) in [5.41, 5.74) is 2.26. The summed E-state index contributed by atoms with van der Waals surface area (Å²) < 4.78 is 0. The third-order valence-corrected chi connectivity index (χ3v) is 2.75. The van der Waals surface area contributed by atoms with Crippen LogP contribution in [-0.4, -0.2) is 15.8 Å². The molecular weight excluding hydrogens is 212 g/mol. The summed E-state index contributed by atoms with van der Waals surface area (Å²) in [5.74, 6) is -0.00429. The van der Waals surface area contributed by atoms with E-state index in [2.05, 4.69) is 4.98 Å². The molecule has 4 heteroatoms. The Morgan fingerprint density at radius 1 is 1.60 bits per heavy atom. The average molecular weight is 223 g/mol. The van der Waals surface area contributed by atoms with Gasteiger partial charge in [0.15, 0.2) is 0 Å². The van der Waals surface area contributed by atoms with E-state index < -0.39 is 0 Å². The van der Waals surface area contributed by atoms with Crippen molar-refractivity contribution in [3.05, 3.63) is 40.3 Å². The van der Waals surface area contributed by atoms with Gasteiger partial charge in [0.25, 0.3) is 5.91 Å². The van der Waals surface area contributed by atoms with Gasteiger partial charge in [0, 0.05) is 6.20 Å². The van der Waals surface area contributed by atoms with E-state index in [0.29, 0.717) is 17.3 Å². The lowest BCUT2D eigenvalue weighted by Crippen LogP contribution is -2.16. The molecule has 1 aliphatic rings. The van der Waals surface area contributed by atoms with Crippen molar-refractivity contribution in [2.24, 2.45) is 0 Å². The minimum Gasteiger partial charge on any atom is -0.309 e. The molecular formula is C11H11ClN2O. The van der Waals surface area contributed by atoms with Gasteiger partial charge in [-0.05, 0) is 25.5 Å². The molecule has 78 valence electrons. The minimum absolute atomic E-state index is 0.00429. The molecule has 1 amide bonds. The molecule has 0 bridgehead atoms. The van der Waals surface area contributed by atoms with E-state index in [1.165, 1.54) is 0 Å². The Balaban J connectivity index is 2.46. The van der Waals surface area contributed by atoms with Crippen LogP contribution < -0.4 is 0 Å². The number of fused-ring (bicyclic) bond motifs is 1. The van der Waals surface area contributed by atoms with Crippen molar-refractivity contribution in [3.8, 4) is 0 Å². The van der Waals surface area contributed by atoms with Gasteiger partial charge >= 0.3 is 0 Å². The quantitative estimate of drug-likeness (QED) is 0.685. The second-order valence-corrected chi connectivity index (χ2v) is 3.86. The normalized spacial score (nSPS) is 15.1. The topological polar surface area (TPSA) is 33.2 Å². The van der Waals surface area contributed by atoms with Crippen LogP contribution in [0.2, 0.25) is 5.15 Å². The molecule has 3 nitrogen and oxygen atoms in total. The number of pyridine rings is 1. The first-order valence-electron chi connectivity index (χ1n) is 4.73. The second kappa shape index (κ2) is 3.66. The fourth-order valence-electron chi connectivity index (χ4n) is 1.62. The molecule has 0 atom stereocenters. The predicted molar refractivity (Wildman–Crippen MR) is 58.7 cm³/mol. The van der Waals surface area contributed by atoms with E-state index in [0.717, 1.165) is 11.3 Å². The highest BCUT2D eigenvalue weighted by atomic mass is 35.5. The predicted octanol–water partition coefficient (Wildman–Crippen LogP) is 2.53. The number of carbonyl (C=O) groups is 1. The summed E-state index contributed by atoms with van der Waals surface area (Å²) >= 11 is 5.91. The van der Waals surface area contributed by atoms with Crippen LogP contribution in [0.4, 0.5) is 0 Å². The molecule has 2 heterocycles. The van der Waals surface area contributed by atoms with Crippen molar-refractivity contribution >= 4 is 17.5 Å². The minimum atomic E-state index is -0.00429. The lowest BCUT2D eigenvalue weighted by atomic mass is 10.2. The molecule has 0 spiro atoms. The Bertz CT molecular complexity index is 454. The average Bonchev–Trinajstić information content (AvgIpc) is 2.47. The van der Waals surface area contributed by atoms with Gasteiger partial charge in [0.2, 0.25) is 0 Å².